The Labute approximate surface area is 170 Å². The molecule has 0 aliphatic rings. The Kier molecular flexibility index (Phi) is 5.77. The lowest BCUT2D eigenvalue weighted by Gasteiger charge is -2.21. The summed E-state index contributed by atoms with van der Waals surface area (Å²) in [5.41, 5.74) is 3.50. The number of aromatic nitrogens is 3. The average molecular weight is 396 g/mol. The molecule has 7 nitrogen and oxygen atoms in total. The zero-order valence-corrected chi connectivity index (χ0v) is 18.0. The summed E-state index contributed by atoms with van der Waals surface area (Å²) in [5.74, 6) is 0.739. The maximum absolute atomic E-state index is 12.9. The molecule has 0 aliphatic carbocycles. The Morgan fingerprint density at radius 3 is 2.59 bits per heavy atom. The van der Waals surface area contributed by atoms with E-state index in [0.717, 1.165) is 18.8 Å². The summed E-state index contributed by atoms with van der Waals surface area (Å²) in [7, 11) is 1.63. The molecule has 7 heteroatoms. The molecule has 0 amide bonds. The minimum Gasteiger partial charge on any atom is -0.494 e. The van der Waals surface area contributed by atoms with E-state index in [2.05, 4.69) is 35.4 Å². The van der Waals surface area contributed by atoms with Crippen LogP contribution in [0.3, 0.4) is 0 Å². The molecule has 0 fully saturated rings. The first-order chi connectivity index (χ1) is 13.8. The van der Waals surface area contributed by atoms with Crippen molar-refractivity contribution in [2.24, 2.45) is 4.99 Å². The maximum Gasteiger partial charge on any atom is 0.276 e. The van der Waals surface area contributed by atoms with Gasteiger partial charge < -0.3 is 9.64 Å². The van der Waals surface area contributed by atoms with Gasteiger partial charge in [-0.05, 0) is 38.8 Å². The van der Waals surface area contributed by atoms with Crippen LogP contribution in [-0.2, 0) is 0 Å². The van der Waals surface area contributed by atoms with Crippen LogP contribution in [0.5, 0.6) is 5.75 Å². The lowest BCUT2D eigenvalue weighted by Crippen LogP contribution is -2.24. The van der Waals surface area contributed by atoms with Gasteiger partial charge in [0.1, 0.15) is 16.8 Å². The first kappa shape index (κ1) is 20.6. The molecule has 0 spiro atoms. The van der Waals surface area contributed by atoms with E-state index in [9.17, 15) is 4.79 Å². The van der Waals surface area contributed by atoms with E-state index in [0.29, 0.717) is 39.0 Å². The second kappa shape index (κ2) is 8.11. The van der Waals surface area contributed by atoms with E-state index in [1.807, 2.05) is 39.0 Å². The third-order valence-electron chi connectivity index (χ3n) is 5.15. The van der Waals surface area contributed by atoms with Crippen LogP contribution in [0.15, 0.2) is 28.0 Å². The number of benzene rings is 1. The second-order valence-electron chi connectivity index (χ2n) is 7.31. The monoisotopic (exact) mass is 395 g/mol. The van der Waals surface area contributed by atoms with Crippen LogP contribution in [0.2, 0.25) is 0 Å². The highest BCUT2D eigenvalue weighted by atomic mass is 16.5. The van der Waals surface area contributed by atoms with Crippen molar-refractivity contribution in [3.8, 4) is 5.75 Å². The van der Waals surface area contributed by atoms with Gasteiger partial charge in [0.15, 0.2) is 5.65 Å². The second-order valence-corrected chi connectivity index (χ2v) is 7.31. The predicted molar refractivity (Wildman–Crippen MR) is 117 cm³/mol. The van der Waals surface area contributed by atoms with Gasteiger partial charge in [0.2, 0.25) is 0 Å². The summed E-state index contributed by atoms with van der Waals surface area (Å²) in [4.78, 5) is 24.5. The molecule has 29 heavy (non-hydrogen) atoms. The molecule has 1 aromatic carbocycles. The topological polar surface area (TPSA) is 75.0 Å². The molecule has 0 saturated carbocycles. The summed E-state index contributed by atoms with van der Waals surface area (Å²) in [6, 6.07) is 5.92. The van der Waals surface area contributed by atoms with Gasteiger partial charge in [-0.3, -0.25) is 9.89 Å². The number of methoxy groups -OCH3 is 1. The summed E-state index contributed by atoms with van der Waals surface area (Å²) in [5, 5.41) is 4.08. The minimum atomic E-state index is -0.113. The van der Waals surface area contributed by atoms with Gasteiger partial charge in [-0.15, -0.1) is 0 Å². The molecule has 0 aliphatic heterocycles. The van der Waals surface area contributed by atoms with Crippen molar-refractivity contribution in [1.29, 1.82) is 0 Å². The Hall–Kier alpha value is -3.09. The van der Waals surface area contributed by atoms with Gasteiger partial charge >= 0.3 is 0 Å². The quantitative estimate of drug-likeness (QED) is 0.696. The van der Waals surface area contributed by atoms with Gasteiger partial charge in [-0.2, -0.15) is 4.52 Å². The fourth-order valence-electron chi connectivity index (χ4n) is 3.67. The van der Waals surface area contributed by atoms with E-state index in [1.165, 1.54) is 4.52 Å². The Morgan fingerprint density at radius 1 is 1.31 bits per heavy atom. The van der Waals surface area contributed by atoms with Crippen LogP contribution in [0.4, 0.5) is 11.4 Å². The number of rotatable bonds is 6. The molecule has 0 radical (unpaired) electrons. The Balaban J connectivity index is 2.25. The summed E-state index contributed by atoms with van der Waals surface area (Å²) in [6.07, 6.45) is 0. The summed E-state index contributed by atoms with van der Waals surface area (Å²) >= 11 is 0. The Morgan fingerprint density at radius 2 is 2.00 bits per heavy atom. The smallest absolute Gasteiger partial charge is 0.276 e. The van der Waals surface area contributed by atoms with Gasteiger partial charge in [0.25, 0.3) is 5.56 Å². The number of aryl methyl sites for hydroxylation is 1. The number of nitrogens with one attached hydrogen (secondary N) is 1. The van der Waals surface area contributed by atoms with E-state index in [1.54, 1.807) is 7.11 Å². The van der Waals surface area contributed by atoms with Gasteiger partial charge in [0, 0.05) is 36.1 Å². The van der Waals surface area contributed by atoms with E-state index < -0.39 is 0 Å². The number of ether oxygens (including phenoxy) is 1. The number of fused-ring (bicyclic) bond motifs is 1. The highest BCUT2D eigenvalue weighted by molar-refractivity contribution is 5.62. The molecule has 3 aromatic rings. The van der Waals surface area contributed by atoms with Gasteiger partial charge in [0.05, 0.1) is 12.5 Å². The molecular formula is C22H29N5O2. The standard InChI is InChI=1S/C22H29N5O2/c1-8-26(9-2)16-10-11-17(18(12-16)29-7)24-20-15(6)25-27-21(20)23-14(5)19(13(3)4)22(27)28/h10-13,25H,6,8-9H2,1-5,7H3. The largest absolute Gasteiger partial charge is 0.494 e. The van der Waals surface area contributed by atoms with Crippen molar-refractivity contribution in [1.82, 2.24) is 14.6 Å². The SMILES string of the molecule is C=c1[nH]n2c(=O)c(C(C)C)c(C)nc2c1=Nc1ccc(N(CC)CC)cc1OC. The molecule has 154 valence electrons. The lowest BCUT2D eigenvalue weighted by molar-refractivity contribution is 0.416. The molecule has 0 saturated heterocycles. The van der Waals surface area contributed by atoms with E-state index >= 15 is 0 Å². The first-order valence-corrected chi connectivity index (χ1v) is 9.94. The van der Waals surface area contributed by atoms with Gasteiger partial charge in [-0.1, -0.05) is 20.4 Å². The first-order valence-electron chi connectivity index (χ1n) is 9.94. The van der Waals surface area contributed by atoms with Crippen LogP contribution in [0.1, 0.15) is 44.9 Å². The van der Waals surface area contributed by atoms with Crippen molar-refractivity contribution in [2.45, 2.75) is 40.5 Å². The van der Waals surface area contributed by atoms with Crippen molar-refractivity contribution >= 4 is 23.6 Å². The van der Waals surface area contributed by atoms with E-state index in [-0.39, 0.29) is 11.5 Å². The Bertz CT molecular complexity index is 1200. The van der Waals surface area contributed by atoms with Crippen LogP contribution in [-0.4, -0.2) is 34.8 Å². The highest BCUT2D eigenvalue weighted by Crippen LogP contribution is 2.31. The highest BCUT2D eigenvalue weighted by Gasteiger charge is 2.16. The van der Waals surface area contributed by atoms with Crippen LogP contribution >= 0.6 is 0 Å². The molecule has 2 aromatic heterocycles. The number of anilines is 1. The molecule has 3 rings (SSSR count). The minimum absolute atomic E-state index is 0.0802. The summed E-state index contributed by atoms with van der Waals surface area (Å²) in [6.45, 7) is 15.9. The lowest BCUT2D eigenvalue weighted by atomic mass is 10.0. The fourth-order valence-corrected chi connectivity index (χ4v) is 3.67. The number of H-pyrrole nitrogens is 1. The third-order valence-corrected chi connectivity index (χ3v) is 5.15. The van der Waals surface area contributed by atoms with Gasteiger partial charge in [-0.25, -0.2) is 9.98 Å². The molecular weight excluding hydrogens is 366 g/mol. The number of aromatic amines is 1. The number of nitrogens with zero attached hydrogens (tertiary/aromatic N) is 4. The van der Waals surface area contributed by atoms with Crippen LogP contribution in [0, 0.1) is 6.92 Å². The summed E-state index contributed by atoms with van der Waals surface area (Å²) < 4.78 is 7.01. The average Bonchev–Trinajstić information content (AvgIpc) is 2.99. The van der Waals surface area contributed by atoms with E-state index in [4.69, 9.17) is 9.73 Å². The number of hydrogen-bond donors (Lipinski definition) is 1. The predicted octanol–water partition coefficient (Wildman–Crippen LogP) is 2.67. The fraction of sp³-hybridized carbons (Fsp3) is 0.409. The molecule has 1 N–H and O–H groups in total. The molecule has 0 unspecified atom stereocenters. The van der Waals surface area contributed by atoms with Crippen LogP contribution in [0.25, 0.3) is 12.2 Å². The zero-order valence-electron chi connectivity index (χ0n) is 18.0. The van der Waals surface area contributed by atoms with Crippen LogP contribution < -0.4 is 25.9 Å². The molecule has 2 heterocycles. The maximum atomic E-state index is 12.9. The molecule has 0 atom stereocenters. The normalized spacial score (nSPS) is 12.2. The van der Waals surface area contributed by atoms with Crippen molar-refractivity contribution in [2.75, 3.05) is 25.1 Å². The van der Waals surface area contributed by atoms with Crippen molar-refractivity contribution in [3.63, 3.8) is 0 Å². The number of hydrogen-bond acceptors (Lipinski definition) is 5. The molecule has 0 bridgehead atoms. The van der Waals surface area contributed by atoms with Crippen molar-refractivity contribution < 1.29 is 4.74 Å². The zero-order chi connectivity index (χ0) is 21.3. The third kappa shape index (κ3) is 3.64. The van der Waals surface area contributed by atoms with Crippen molar-refractivity contribution in [3.05, 3.63) is 50.5 Å².